The van der Waals surface area contributed by atoms with Crippen LogP contribution in [-0.4, -0.2) is 27.2 Å². The molecular weight excluding hydrogens is 388 g/mol. The summed E-state index contributed by atoms with van der Waals surface area (Å²) in [7, 11) is 15.0. The molecule has 1 aromatic carbocycles. The number of para-hydroxylation sites is 1. The van der Waals surface area contributed by atoms with Crippen molar-refractivity contribution in [3.63, 3.8) is 0 Å². The van der Waals surface area contributed by atoms with Gasteiger partial charge in [0, 0.05) is 0 Å². The van der Waals surface area contributed by atoms with E-state index in [4.69, 9.17) is 32.2 Å². The van der Waals surface area contributed by atoms with Gasteiger partial charge < -0.3 is 11.2 Å². The first-order chi connectivity index (χ1) is 6.59. The quantitative estimate of drug-likeness (QED) is 0.696. The second-order valence-electron chi connectivity index (χ2n) is 2.21. The van der Waals surface area contributed by atoms with E-state index in [2.05, 4.69) is 4.98 Å². The van der Waals surface area contributed by atoms with Crippen molar-refractivity contribution in [1.82, 2.24) is 4.98 Å². The van der Waals surface area contributed by atoms with Gasteiger partial charge in [-0.1, -0.05) is 23.5 Å². The van der Waals surface area contributed by atoms with Crippen molar-refractivity contribution in [2.45, 2.75) is 0 Å². The monoisotopic (exact) mass is 394 g/mol. The first-order valence-corrected chi connectivity index (χ1v) is 14.0. The molecule has 0 bridgehead atoms. The summed E-state index contributed by atoms with van der Waals surface area (Å²) < 4.78 is 1.15. The second-order valence-corrected chi connectivity index (χ2v) is 14.7. The summed E-state index contributed by atoms with van der Waals surface area (Å²) in [4.78, 5) is 4.11. The zero-order valence-electron chi connectivity index (χ0n) is 7.32. The second kappa shape index (κ2) is 7.77. The van der Waals surface area contributed by atoms with Crippen LogP contribution >= 0.6 is 37.8 Å². The summed E-state index contributed by atoms with van der Waals surface area (Å²) >= 11 is -0.515. The summed E-state index contributed by atoms with van der Waals surface area (Å²) in [6.45, 7) is 0. The van der Waals surface area contributed by atoms with E-state index in [1.54, 1.807) is 0 Å². The van der Waals surface area contributed by atoms with Crippen LogP contribution in [0.1, 0.15) is 0 Å². The first kappa shape index (κ1) is 15.6. The molecule has 0 saturated heterocycles. The van der Waals surface area contributed by atoms with Crippen LogP contribution in [0, 0.1) is 0 Å². The van der Waals surface area contributed by atoms with Crippen LogP contribution in [0.2, 0.25) is 0 Å². The van der Waals surface area contributed by atoms with E-state index < -0.39 is 16.8 Å². The Morgan fingerprint density at radius 2 is 1.73 bits per heavy atom. The molecule has 1 aromatic heterocycles. The number of anilines is 1. The number of nitrogens with two attached hydrogens (primary N) is 1. The number of fused-ring (bicyclic) bond motifs is 1. The van der Waals surface area contributed by atoms with E-state index >= 15 is 0 Å². The Morgan fingerprint density at radius 1 is 1.20 bits per heavy atom. The SMILES string of the molecule is Nc1nc2ccccc2s1.O.[Cl][Sb-]([Cl])[Cl]. The number of aromatic nitrogens is 1. The topological polar surface area (TPSA) is 70.4 Å². The predicted octanol–water partition coefficient (Wildman–Crippen LogP) is 2.74. The molecule has 1 heterocycles. The van der Waals surface area contributed by atoms with Gasteiger partial charge in [-0.2, -0.15) is 0 Å². The molecule has 3 nitrogen and oxygen atoms in total. The Balaban J connectivity index is 0.000000346. The van der Waals surface area contributed by atoms with Gasteiger partial charge in [-0.3, -0.25) is 0 Å². The zero-order chi connectivity index (χ0) is 10.6. The van der Waals surface area contributed by atoms with Crippen LogP contribution in [-0.2, 0) is 0 Å². The van der Waals surface area contributed by atoms with Gasteiger partial charge in [-0.25, -0.2) is 4.98 Å². The molecule has 2 rings (SSSR count). The molecule has 0 aliphatic heterocycles. The van der Waals surface area contributed by atoms with E-state index in [0.29, 0.717) is 5.13 Å². The molecule has 8 heteroatoms. The van der Waals surface area contributed by atoms with Crippen molar-refractivity contribution >= 4 is 70.0 Å². The Labute approximate surface area is 109 Å². The Bertz CT molecular complexity index is 376. The minimum atomic E-state index is -2.03. The molecule has 0 unspecified atom stereocenters. The van der Waals surface area contributed by atoms with E-state index in [-0.39, 0.29) is 5.48 Å². The van der Waals surface area contributed by atoms with Crippen molar-refractivity contribution in [1.29, 1.82) is 0 Å². The van der Waals surface area contributed by atoms with Crippen LogP contribution < -0.4 is 5.73 Å². The van der Waals surface area contributed by atoms with Crippen molar-refractivity contribution in [3.05, 3.63) is 24.3 Å². The number of thiazole rings is 1. The summed E-state index contributed by atoms with van der Waals surface area (Å²) in [5.41, 5.74) is 6.49. The molecule has 0 saturated carbocycles. The molecule has 0 aliphatic rings. The standard InChI is InChI=1S/C7H6N2S.3ClH.H2O.Sb/c8-7-9-5-3-1-2-4-6(5)10-7;;;;;/h1-4H,(H2,8,9);3*1H;1H2;/q;;;;;+2/p-3. The fourth-order valence-electron chi connectivity index (χ4n) is 0.890. The van der Waals surface area contributed by atoms with Gasteiger partial charge in [0.25, 0.3) is 0 Å². The minimum absolute atomic E-state index is 0. The Kier molecular flexibility index (Phi) is 8.06. The van der Waals surface area contributed by atoms with Gasteiger partial charge >= 0.3 is 43.3 Å². The van der Waals surface area contributed by atoms with E-state index in [1.807, 2.05) is 24.3 Å². The predicted molar refractivity (Wildman–Crippen MR) is 71.0 cm³/mol. The number of hydrogen-bond acceptors (Lipinski definition) is 3. The fraction of sp³-hybridized carbons (Fsp3) is 0. The summed E-state index contributed by atoms with van der Waals surface area (Å²) in [6, 6.07) is 7.92. The average Bonchev–Trinajstić information content (AvgIpc) is 2.42. The summed E-state index contributed by atoms with van der Waals surface area (Å²) in [5.74, 6) is 0. The molecule has 4 N–H and O–H groups in total. The van der Waals surface area contributed by atoms with E-state index in [0.717, 1.165) is 10.2 Å². The third-order valence-corrected chi connectivity index (χ3v) is 2.18. The van der Waals surface area contributed by atoms with Crippen LogP contribution in [0.3, 0.4) is 0 Å². The molecule has 0 spiro atoms. The molecule has 15 heavy (non-hydrogen) atoms. The summed E-state index contributed by atoms with van der Waals surface area (Å²) in [5, 5.41) is 0.640. The van der Waals surface area contributed by atoms with Crippen LogP contribution in [0.4, 0.5) is 5.13 Å². The van der Waals surface area contributed by atoms with Gasteiger partial charge in [0.15, 0.2) is 5.13 Å². The molecule has 2 aromatic rings. The van der Waals surface area contributed by atoms with Crippen molar-refractivity contribution in [2.75, 3.05) is 5.73 Å². The molecule has 0 fully saturated rings. The van der Waals surface area contributed by atoms with Gasteiger partial charge in [-0.15, -0.1) is 0 Å². The zero-order valence-corrected chi connectivity index (χ0v) is 13.0. The van der Waals surface area contributed by atoms with Gasteiger partial charge in [0.05, 0.1) is 10.2 Å². The van der Waals surface area contributed by atoms with Crippen LogP contribution in [0.25, 0.3) is 10.2 Å². The number of nitrogen functional groups attached to an aromatic ring is 1. The number of halogens is 3. The van der Waals surface area contributed by atoms with E-state index in [1.165, 1.54) is 11.3 Å². The van der Waals surface area contributed by atoms with Crippen molar-refractivity contribution in [3.8, 4) is 0 Å². The van der Waals surface area contributed by atoms with Crippen LogP contribution in [0.15, 0.2) is 24.3 Å². The van der Waals surface area contributed by atoms with Gasteiger partial charge in [0.1, 0.15) is 0 Å². The Morgan fingerprint density at radius 3 is 2.27 bits per heavy atom. The molecule has 0 aliphatic carbocycles. The molecule has 1 radical (unpaired) electrons. The molecule has 0 atom stereocenters. The third kappa shape index (κ3) is 6.00. The molecule has 85 valence electrons. The number of benzene rings is 1. The van der Waals surface area contributed by atoms with E-state index in [9.17, 15) is 0 Å². The fourth-order valence-corrected chi connectivity index (χ4v) is 1.62. The van der Waals surface area contributed by atoms with Gasteiger partial charge in [0.2, 0.25) is 0 Å². The van der Waals surface area contributed by atoms with Crippen LogP contribution in [0.5, 0.6) is 0 Å². The summed E-state index contributed by atoms with van der Waals surface area (Å²) in [6.07, 6.45) is 0. The number of nitrogens with zero attached hydrogens (tertiary/aromatic N) is 1. The average molecular weight is 396 g/mol. The maximum absolute atomic E-state index is 5.50. The molecular formula is C7H8Cl3N2OSSb-. The first-order valence-electron chi connectivity index (χ1n) is 3.48. The maximum atomic E-state index is 5.50. The van der Waals surface area contributed by atoms with Crippen molar-refractivity contribution < 1.29 is 5.48 Å². The van der Waals surface area contributed by atoms with Gasteiger partial charge in [-0.05, 0) is 12.1 Å². The normalized spacial score (nSPS) is 9.33. The number of rotatable bonds is 0. The van der Waals surface area contributed by atoms with Crippen molar-refractivity contribution in [2.24, 2.45) is 0 Å². The number of hydrogen-bond donors (Lipinski definition) is 1. The Hall–Kier alpha value is 0.558. The third-order valence-electron chi connectivity index (χ3n) is 1.31. The molecule has 0 amide bonds.